The highest BCUT2D eigenvalue weighted by Gasteiger charge is 2.07. The van der Waals surface area contributed by atoms with Crippen molar-refractivity contribution in [2.45, 2.75) is 6.61 Å². The summed E-state index contributed by atoms with van der Waals surface area (Å²) in [7, 11) is 1.44. The van der Waals surface area contributed by atoms with E-state index in [1.54, 1.807) is 18.2 Å². The fourth-order valence-electron chi connectivity index (χ4n) is 0.998. The summed E-state index contributed by atoms with van der Waals surface area (Å²) in [6.07, 6.45) is -0.882. The summed E-state index contributed by atoms with van der Waals surface area (Å²) in [6, 6.07) is 4.89. The smallest absolute Gasteiger partial charge is 0.404 e. The molecule has 0 saturated heterocycles. The van der Waals surface area contributed by atoms with Gasteiger partial charge in [-0.2, -0.15) is 0 Å². The van der Waals surface area contributed by atoms with Gasteiger partial charge in [-0.3, -0.25) is 0 Å². The van der Waals surface area contributed by atoms with Crippen molar-refractivity contribution in [3.8, 4) is 11.5 Å². The van der Waals surface area contributed by atoms with Gasteiger partial charge in [-0.25, -0.2) is 4.79 Å². The summed E-state index contributed by atoms with van der Waals surface area (Å²) in [5, 5.41) is 9.54. The molecule has 0 saturated carbocycles. The van der Waals surface area contributed by atoms with E-state index < -0.39 is 6.09 Å². The second-order valence-electron chi connectivity index (χ2n) is 2.58. The highest BCUT2D eigenvalue weighted by Crippen LogP contribution is 2.29. The normalized spacial score (nSPS) is 9.50. The van der Waals surface area contributed by atoms with E-state index >= 15 is 0 Å². The van der Waals surface area contributed by atoms with E-state index in [2.05, 4.69) is 4.74 Å². The highest BCUT2D eigenvalue weighted by molar-refractivity contribution is 5.64. The van der Waals surface area contributed by atoms with E-state index in [0.717, 1.165) is 0 Å². The zero-order chi connectivity index (χ0) is 10.6. The fourth-order valence-corrected chi connectivity index (χ4v) is 0.998. The van der Waals surface area contributed by atoms with Crippen molar-refractivity contribution in [2.24, 2.45) is 5.73 Å². The topological polar surface area (TPSA) is 81.8 Å². The van der Waals surface area contributed by atoms with Gasteiger partial charge in [-0.15, -0.1) is 0 Å². The molecule has 1 aromatic carbocycles. The number of methoxy groups -OCH3 is 1. The molecule has 0 unspecified atom stereocenters. The quantitative estimate of drug-likeness (QED) is 0.757. The van der Waals surface area contributed by atoms with Crippen LogP contribution < -0.4 is 10.5 Å². The molecule has 0 fully saturated rings. The summed E-state index contributed by atoms with van der Waals surface area (Å²) < 4.78 is 9.40. The van der Waals surface area contributed by atoms with Crippen LogP contribution in [0.15, 0.2) is 18.2 Å². The minimum Gasteiger partial charge on any atom is -0.504 e. The Bertz CT molecular complexity index is 338. The van der Waals surface area contributed by atoms with Gasteiger partial charge in [0.1, 0.15) is 6.61 Å². The number of hydrogen-bond donors (Lipinski definition) is 2. The molecule has 1 amide bonds. The molecule has 14 heavy (non-hydrogen) atoms. The Kier molecular flexibility index (Phi) is 3.17. The summed E-state index contributed by atoms with van der Waals surface area (Å²) in [4.78, 5) is 10.3. The summed E-state index contributed by atoms with van der Waals surface area (Å²) in [5.41, 5.74) is 5.23. The number of amides is 1. The van der Waals surface area contributed by atoms with E-state index in [4.69, 9.17) is 10.5 Å². The number of hydrogen-bond acceptors (Lipinski definition) is 4. The third-order valence-corrected chi connectivity index (χ3v) is 1.67. The molecule has 5 heteroatoms. The average Bonchev–Trinajstić information content (AvgIpc) is 2.16. The minimum absolute atomic E-state index is 0.0451. The summed E-state index contributed by atoms with van der Waals surface area (Å²) >= 11 is 0. The predicted octanol–water partition coefficient (Wildman–Crippen LogP) is 0.996. The van der Waals surface area contributed by atoms with Crippen LogP contribution >= 0.6 is 0 Å². The van der Waals surface area contributed by atoms with Crippen LogP contribution in [0.5, 0.6) is 11.5 Å². The molecule has 3 N–H and O–H groups in total. The molecule has 0 atom stereocenters. The molecule has 0 radical (unpaired) electrons. The SMILES string of the molecule is COc1cccc(COC(N)=O)c1O. The Hall–Kier alpha value is -1.91. The minimum atomic E-state index is -0.882. The molecule has 5 nitrogen and oxygen atoms in total. The fraction of sp³-hybridized carbons (Fsp3) is 0.222. The van der Waals surface area contributed by atoms with Crippen molar-refractivity contribution in [3.05, 3.63) is 23.8 Å². The van der Waals surface area contributed by atoms with Crippen LogP contribution in [0.3, 0.4) is 0 Å². The van der Waals surface area contributed by atoms with Crippen LogP contribution in [-0.4, -0.2) is 18.3 Å². The Morgan fingerprint density at radius 2 is 2.29 bits per heavy atom. The first-order chi connectivity index (χ1) is 6.65. The van der Waals surface area contributed by atoms with Gasteiger partial charge >= 0.3 is 6.09 Å². The Morgan fingerprint density at radius 3 is 2.86 bits per heavy atom. The number of nitrogens with two attached hydrogens (primary N) is 1. The van der Waals surface area contributed by atoms with Crippen LogP contribution in [0.2, 0.25) is 0 Å². The molecule has 0 heterocycles. The number of carbonyl (C=O) groups is 1. The highest BCUT2D eigenvalue weighted by atomic mass is 16.5. The Balaban J connectivity index is 2.81. The maximum absolute atomic E-state index is 10.3. The molecule has 0 aliphatic carbocycles. The van der Waals surface area contributed by atoms with Crippen molar-refractivity contribution in [3.63, 3.8) is 0 Å². The number of ether oxygens (including phenoxy) is 2. The van der Waals surface area contributed by atoms with Crippen molar-refractivity contribution in [2.75, 3.05) is 7.11 Å². The molecule has 76 valence electrons. The van der Waals surface area contributed by atoms with Crippen LogP contribution in [0.4, 0.5) is 4.79 Å². The number of carbonyl (C=O) groups excluding carboxylic acids is 1. The number of primary amides is 1. The van der Waals surface area contributed by atoms with Crippen LogP contribution in [0.1, 0.15) is 5.56 Å². The number of para-hydroxylation sites is 1. The first kappa shape index (κ1) is 10.2. The third-order valence-electron chi connectivity index (χ3n) is 1.67. The molecule has 1 aromatic rings. The second kappa shape index (κ2) is 4.36. The van der Waals surface area contributed by atoms with E-state index in [0.29, 0.717) is 11.3 Å². The zero-order valence-electron chi connectivity index (χ0n) is 7.69. The van der Waals surface area contributed by atoms with Crippen molar-refractivity contribution < 1.29 is 19.4 Å². The molecular weight excluding hydrogens is 186 g/mol. The van der Waals surface area contributed by atoms with Gasteiger partial charge in [0.15, 0.2) is 11.5 Å². The number of benzene rings is 1. The second-order valence-corrected chi connectivity index (χ2v) is 2.58. The van der Waals surface area contributed by atoms with Crippen molar-refractivity contribution in [1.29, 1.82) is 0 Å². The maximum atomic E-state index is 10.3. The lowest BCUT2D eigenvalue weighted by Gasteiger charge is -2.07. The lowest BCUT2D eigenvalue weighted by molar-refractivity contribution is 0.149. The van der Waals surface area contributed by atoms with Gasteiger partial charge in [-0.1, -0.05) is 12.1 Å². The van der Waals surface area contributed by atoms with E-state index in [-0.39, 0.29) is 12.4 Å². The first-order valence-corrected chi connectivity index (χ1v) is 3.92. The Morgan fingerprint density at radius 1 is 1.57 bits per heavy atom. The van der Waals surface area contributed by atoms with Gasteiger partial charge in [0, 0.05) is 5.56 Å². The first-order valence-electron chi connectivity index (χ1n) is 3.92. The molecule has 0 bridgehead atoms. The lowest BCUT2D eigenvalue weighted by Crippen LogP contribution is -2.12. The maximum Gasteiger partial charge on any atom is 0.404 e. The molecule has 0 aromatic heterocycles. The monoisotopic (exact) mass is 197 g/mol. The molecule has 0 aliphatic heterocycles. The molecule has 1 rings (SSSR count). The largest absolute Gasteiger partial charge is 0.504 e. The van der Waals surface area contributed by atoms with Gasteiger partial charge in [0.05, 0.1) is 7.11 Å². The Labute approximate surface area is 81.0 Å². The van der Waals surface area contributed by atoms with E-state index in [1.165, 1.54) is 7.11 Å². The lowest BCUT2D eigenvalue weighted by atomic mass is 10.2. The standard InChI is InChI=1S/C9H11NO4/c1-13-7-4-2-3-6(8(7)11)5-14-9(10)12/h2-4,11H,5H2,1H3,(H2,10,12). The van der Waals surface area contributed by atoms with Gasteiger partial charge in [0.2, 0.25) is 0 Å². The number of phenolic OH excluding ortho intramolecular Hbond substituents is 1. The van der Waals surface area contributed by atoms with Crippen LogP contribution in [0.25, 0.3) is 0 Å². The van der Waals surface area contributed by atoms with Crippen molar-refractivity contribution >= 4 is 6.09 Å². The van der Waals surface area contributed by atoms with E-state index in [9.17, 15) is 9.90 Å². The molecule has 0 spiro atoms. The number of phenols is 1. The number of aromatic hydroxyl groups is 1. The van der Waals surface area contributed by atoms with E-state index in [1.807, 2.05) is 0 Å². The summed E-state index contributed by atoms with van der Waals surface area (Å²) in [5.74, 6) is 0.284. The molecule has 0 aliphatic rings. The van der Waals surface area contributed by atoms with Crippen molar-refractivity contribution in [1.82, 2.24) is 0 Å². The zero-order valence-corrected chi connectivity index (χ0v) is 7.69. The van der Waals surface area contributed by atoms with Crippen LogP contribution in [-0.2, 0) is 11.3 Å². The third kappa shape index (κ3) is 2.29. The van der Waals surface area contributed by atoms with Gasteiger partial charge in [0.25, 0.3) is 0 Å². The molecular formula is C9H11NO4. The average molecular weight is 197 g/mol. The van der Waals surface area contributed by atoms with Gasteiger partial charge < -0.3 is 20.3 Å². The van der Waals surface area contributed by atoms with Gasteiger partial charge in [-0.05, 0) is 6.07 Å². The summed E-state index contributed by atoms with van der Waals surface area (Å²) in [6.45, 7) is -0.0711. The van der Waals surface area contributed by atoms with Crippen LogP contribution in [0, 0.1) is 0 Å². The predicted molar refractivity (Wildman–Crippen MR) is 49.0 cm³/mol. The number of rotatable bonds is 3.